The maximum absolute atomic E-state index is 13.5. The fourth-order valence-electron chi connectivity index (χ4n) is 1.34. The summed E-state index contributed by atoms with van der Waals surface area (Å²) in [7, 11) is 0. The first-order chi connectivity index (χ1) is 7.65. The molecule has 2 rings (SSSR count). The van der Waals surface area contributed by atoms with Gasteiger partial charge in [0.05, 0.1) is 5.69 Å². The summed E-state index contributed by atoms with van der Waals surface area (Å²) < 4.78 is 14.3. The minimum Gasteiger partial charge on any atom is -0.333 e. The van der Waals surface area contributed by atoms with Gasteiger partial charge >= 0.3 is 0 Å². The number of amidine groups is 1. The number of nitrogens with one attached hydrogen (secondary N) is 1. The number of thioether (sulfide) groups is 1. The van der Waals surface area contributed by atoms with Gasteiger partial charge in [0.25, 0.3) is 0 Å². The fourth-order valence-corrected chi connectivity index (χ4v) is 2.60. The highest BCUT2D eigenvalue weighted by Crippen LogP contribution is 2.23. The zero-order valence-corrected chi connectivity index (χ0v) is 11.2. The summed E-state index contributed by atoms with van der Waals surface area (Å²) in [6.45, 7) is 2.97. The van der Waals surface area contributed by atoms with Crippen LogP contribution in [-0.2, 0) is 0 Å². The predicted molar refractivity (Wildman–Crippen MR) is 71.6 cm³/mol. The molecule has 5 heteroatoms. The van der Waals surface area contributed by atoms with Crippen molar-refractivity contribution in [2.75, 3.05) is 17.6 Å². The van der Waals surface area contributed by atoms with Gasteiger partial charge in [-0.2, -0.15) is 0 Å². The zero-order valence-electron chi connectivity index (χ0n) is 8.84. The van der Waals surface area contributed by atoms with Crippen LogP contribution < -0.4 is 5.32 Å². The summed E-state index contributed by atoms with van der Waals surface area (Å²) in [4.78, 5) is 4.36. The van der Waals surface area contributed by atoms with Crippen LogP contribution in [0.1, 0.15) is 6.92 Å². The molecule has 0 amide bonds. The summed E-state index contributed by atoms with van der Waals surface area (Å²) in [5.41, 5.74) is 0.468. The standard InChI is InChI=1S/C11H12BrFN2S/c1-7-5-14-11(16-6-7)15-10-4-8(12)2-3-9(10)13/h2-4,7H,5-6H2,1H3,(H,14,15). The minimum atomic E-state index is -0.259. The molecule has 1 aromatic rings. The smallest absolute Gasteiger partial charge is 0.161 e. The summed E-state index contributed by atoms with van der Waals surface area (Å²) in [5.74, 6) is 1.37. The number of nitrogens with zero attached hydrogens (tertiary/aromatic N) is 1. The molecule has 0 bridgehead atoms. The quantitative estimate of drug-likeness (QED) is 0.854. The molecule has 1 heterocycles. The van der Waals surface area contributed by atoms with E-state index >= 15 is 0 Å². The Hall–Kier alpha value is -0.550. The second-order valence-electron chi connectivity index (χ2n) is 3.81. The van der Waals surface area contributed by atoms with Gasteiger partial charge in [0.15, 0.2) is 5.17 Å². The SMILES string of the molecule is CC1CN=C(Nc2cc(Br)ccc2F)SC1. The maximum atomic E-state index is 13.5. The Labute approximate surface area is 107 Å². The van der Waals surface area contributed by atoms with Gasteiger partial charge in [0.2, 0.25) is 0 Å². The van der Waals surface area contributed by atoms with Crippen LogP contribution in [0.25, 0.3) is 0 Å². The van der Waals surface area contributed by atoms with Crippen LogP contribution in [0, 0.1) is 11.7 Å². The van der Waals surface area contributed by atoms with Gasteiger partial charge in [-0.25, -0.2) is 4.39 Å². The number of hydrogen-bond acceptors (Lipinski definition) is 3. The lowest BCUT2D eigenvalue weighted by molar-refractivity contribution is 0.631. The van der Waals surface area contributed by atoms with Crippen molar-refractivity contribution < 1.29 is 4.39 Å². The highest BCUT2D eigenvalue weighted by molar-refractivity contribution is 9.10. The van der Waals surface area contributed by atoms with Gasteiger partial charge in [-0.3, -0.25) is 4.99 Å². The molecule has 0 fully saturated rings. The summed E-state index contributed by atoms with van der Waals surface area (Å²) >= 11 is 4.95. The van der Waals surface area contributed by atoms with Crippen molar-refractivity contribution >= 4 is 38.5 Å². The number of rotatable bonds is 1. The fraction of sp³-hybridized carbons (Fsp3) is 0.364. The van der Waals surface area contributed by atoms with E-state index in [1.807, 2.05) is 0 Å². The van der Waals surface area contributed by atoms with Crippen LogP contribution in [-0.4, -0.2) is 17.5 Å². The summed E-state index contributed by atoms with van der Waals surface area (Å²) in [6.07, 6.45) is 0. The van der Waals surface area contributed by atoms with E-state index in [1.54, 1.807) is 23.9 Å². The van der Waals surface area contributed by atoms with E-state index in [-0.39, 0.29) is 5.82 Å². The topological polar surface area (TPSA) is 24.4 Å². The Balaban J connectivity index is 2.12. The van der Waals surface area contributed by atoms with E-state index in [9.17, 15) is 4.39 Å². The molecule has 16 heavy (non-hydrogen) atoms. The van der Waals surface area contributed by atoms with Gasteiger partial charge in [-0.05, 0) is 24.1 Å². The van der Waals surface area contributed by atoms with Crippen molar-refractivity contribution in [1.29, 1.82) is 0 Å². The van der Waals surface area contributed by atoms with Crippen molar-refractivity contribution in [3.63, 3.8) is 0 Å². The molecular formula is C11H12BrFN2S. The first kappa shape index (κ1) is 11.9. The van der Waals surface area contributed by atoms with Gasteiger partial charge in [0, 0.05) is 16.8 Å². The van der Waals surface area contributed by atoms with E-state index in [1.165, 1.54) is 6.07 Å². The average Bonchev–Trinajstić information content (AvgIpc) is 2.27. The van der Waals surface area contributed by atoms with Gasteiger partial charge in [0.1, 0.15) is 5.82 Å². The van der Waals surface area contributed by atoms with E-state index in [4.69, 9.17) is 0 Å². The molecule has 1 aromatic carbocycles. The number of hydrogen-bond donors (Lipinski definition) is 1. The molecule has 1 N–H and O–H groups in total. The summed E-state index contributed by atoms with van der Waals surface area (Å²) in [6, 6.07) is 4.83. The number of anilines is 1. The van der Waals surface area contributed by atoms with E-state index in [2.05, 4.69) is 33.2 Å². The highest BCUT2D eigenvalue weighted by Gasteiger charge is 2.13. The molecule has 0 saturated carbocycles. The zero-order chi connectivity index (χ0) is 11.5. The van der Waals surface area contributed by atoms with Crippen LogP contribution in [0.4, 0.5) is 10.1 Å². The molecule has 0 radical (unpaired) electrons. The van der Waals surface area contributed by atoms with Crippen LogP contribution in [0.2, 0.25) is 0 Å². The molecule has 1 aliphatic rings. The molecule has 0 spiro atoms. The lowest BCUT2D eigenvalue weighted by Gasteiger charge is -2.18. The first-order valence-corrected chi connectivity index (χ1v) is 6.82. The first-order valence-electron chi connectivity index (χ1n) is 5.04. The normalized spacial score (nSPS) is 20.4. The lowest BCUT2D eigenvalue weighted by atomic mass is 10.2. The Kier molecular flexibility index (Phi) is 3.86. The molecule has 0 aliphatic carbocycles. The van der Waals surface area contributed by atoms with Crippen molar-refractivity contribution in [2.45, 2.75) is 6.92 Å². The van der Waals surface area contributed by atoms with Crippen LogP contribution in [0.5, 0.6) is 0 Å². The van der Waals surface area contributed by atoms with Gasteiger partial charge in [-0.15, -0.1) is 0 Å². The highest BCUT2D eigenvalue weighted by atomic mass is 79.9. The van der Waals surface area contributed by atoms with E-state index < -0.39 is 0 Å². The van der Waals surface area contributed by atoms with Crippen molar-refractivity contribution in [1.82, 2.24) is 0 Å². The second-order valence-corrected chi connectivity index (χ2v) is 5.74. The third-order valence-corrected chi connectivity index (χ3v) is 3.95. The Morgan fingerprint density at radius 2 is 2.38 bits per heavy atom. The van der Waals surface area contributed by atoms with Crippen LogP contribution in [0.15, 0.2) is 27.7 Å². The van der Waals surface area contributed by atoms with Crippen molar-refractivity contribution in [3.8, 4) is 0 Å². The number of aliphatic imine (C=N–C) groups is 1. The average molecular weight is 303 g/mol. The summed E-state index contributed by atoms with van der Waals surface area (Å²) in [5, 5.41) is 3.82. The largest absolute Gasteiger partial charge is 0.333 e. The van der Waals surface area contributed by atoms with Crippen LogP contribution in [0.3, 0.4) is 0 Å². The molecule has 86 valence electrons. The molecule has 0 aromatic heterocycles. The third-order valence-electron chi connectivity index (χ3n) is 2.22. The molecule has 0 saturated heterocycles. The molecule has 1 aliphatic heterocycles. The minimum absolute atomic E-state index is 0.259. The number of benzene rings is 1. The van der Waals surface area contributed by atoms with Crippen molar-refractivity contribution in [3.05, 3.63) is 28.5 Å². The molecule has 2 nitrogen and oxygen atoms in total. The van der Waals surface area contributed by atoms with Crippen molar-refractivity contribution in [2.24, 2.45) is 10.9 Å². The number of halogens is 2. The van der Waals surface area contributed by atoms with Gasteiger partial charge in [-0.1, -0.05) is 34.6 Å². The Bertz CT molecular complexity index is 422. The van der Waals surface area contributed by atoms with Gasteiger partial charge < -0.3 is 5.32 Å². The second kappa shape index (κ2) is 5.19. The van der Waals surface area contributed by atoms with E-state index in [0.29, 0.717) is 11.6 Å². The molecule has 1 atom stereocenters. The molecule has 1 unspecified atom stereocenters. The van der Waals surface area contributed by atoms with Crippen LogP contribution >= 0.6 is 27.7 Å². The Morgan fingerprint density at radius 1 is 1.56 bits per heavy atom. The predicted octanol–water partition coefficient (Wildman–Crippen LogP) is 3.74. The van der Waals surface area contributed by atoms with E-state index in [0.717, 1.165) is 21.9 Å². The molecular weight excluding hydrogens is 291 g/mol. The lowest BCUT2D eigenvalue weighted by Crippen LogP contribution is -2.19. The maximum Gasteiger partial charge on any atom is 0.161 e. The monoisotopic (exact) mass is 302 g/mol. The third kappa shape index (κ3) is 2.98. The Morgan fingerprint density at radius 3 is 3.06 bits per heavy atom.